The largest absolute Gasteiger partial charge is 0.369 e. The van der Waals surface area contributed by atoms with E-state index in [2.05, 4.69) is 32.7 Å². The van der Waals surface area contributed by atoms with Crippen molar-refractivity contribution in [2.24, 2.45) is 0 Å². The van der Waals surface area contributed by atoms with Crippen molar-refractivity contribution in [3.05, 3.63) is 96.1 Å². The minimum Gasteiger partial charge on any atom is -0.369 e. The Labute approximate surface area is 186 Å². The summed E-state index contributed by atoms with van der Waals surface area (Å²) in [5.41, 5.74) is 3.22. The lowest BCUT2D eigenvalue weighted by Crippen LogP contribution is -2.24. The van der Waals surface area contributed by atoms with Crippen molar-refractivity contribution in [3.8, 4) is 0 Å². The normalized spacial score (nSPS) is 10.7. The second-order valence-electron chi connectivity index (χ2n) is 7.09. The van der Waals surface area contributed by atoms with Crippen molar-refractivity contribution in [2.45, 2.75) is 18.1 Å². The first kappa shape index (κ1) is 20.9. The van der Waals surface area contributed by atoms with Crippen molar-refractivity contribution in [3.63, 3.8) is 0 Å². The zero-order valence-corrected chi connectivity index (χ0v) is 17.9. The number of anilines is 1. The van der Waals surface area contributed by atoms with Gasteiger partial charge in [0.05, 0.1) is 11.3 Å². The van der Waals surface area contributed by atoms with Crippen molar-refractivity contribution in [1.29, 1.82) is 0 Å². The minimum atomic E-state index is -0.0378. The molecule has 1 amide bonds. The number of para-hydroxylation sites is 1. The molecule has 0 unspecified atom stereocenters. The van der Waals surface area contributed by atoms with E-state index in [1.165, 1.54) is 17.3 Å². The molecule has 0 atom stereocenters. The molecule has 156 valence electrons. The summed E-state index contributed by atoms with van der Waals surface area (Å²) in [6.45, 7) is 1.29. The third-order valence-corrected chi connectivity index (χ3v) is 5.64. The molecule has 6 heteroatoms. The molecular formula is C25H24N4OS. The van der Waals surface area contributed by atoms with E-state index < -0.39 is 0 Å². The molecule has 5 nitrogen and oxygen atoms in total. The van der Waals surface area contributed by atoms with Gasteiger partial charge in [-0.1, -0.05) is 84.6 Å². The predicted octanol–water partition coefficient (Wildman–Crippen LogP) is 4.69. The summed E-state index contributed by atoms with van der Waals surface area (Å²) in [6.07, 6.45) is 0.906. The Morgan fingerprint density at radius 3 is 2.26 bits per heavy atom. The highest BCUT2D eigenvalue weighted by atomic mass is 32.2. The van der Waals surface area contributed by atoms with Crippen LogP contribution >= 0.6 is 11.8 Å². The lowest BCUT2D eigenvalue weighted by Gasteiger charge is -2.11. The van der Waals surface area contributed by atoms with Gasteiger partial charge in [-0.3, -0.25) is 4.79 Å². The number of fused-ring (bicyclic) bond motifs is 1. The number of nitrogens with zero attached hydrogens (tertiary/aromatic N) is 2. The number of aromatic nitrogens is 2. The molecule has 0 spiro atoms. The molecule has 1 heterocycles. The van der Waals surface area contributed by atoms with Crippen LogP contribution in [0, 0.1) is 0 Å². The molecule has 0 saturated heterocycles. The average molecular weight is 429 g/mol. The highest BCUT2D eigenvalue weighted by Gasteiger charge is 2.10. The van der Waals surface area contributed by atoms with E-state index in [9.17, 15) is 4.79 Å². The summed E-state index contributed by atoms with van der Waals surface area (Å²) in [5, 5.41) is 7.96. The zero-order valence-electron chi connectivity index (χ0n) is 17.1. The molecule has 4 aromatic rings. The van der Waals surface area contributed by atoms with Crippen LogP contribution in [-0.4, -0.2) is 28.2 Å². The van der Waals surface area contributed by atoms with E-state index in [-0.39, 0.29) is 11.7 Å². The Kier molecular flexibility index (Phi) is 7.13. The van der Waals surface area contributed by atoms with Crippen LogP contribution in [0.4, 0.5) is 5.82 Å². The number of rotatable bonds is 9. The first-order valence-electron chi connectivity index (χ1n) is 10.3. The number of carbonyl (C=O) groups is 1. The summed E-state index contributed by atoms with van der Waals surface area (Å²) in [7, 11) is 0. The van der Waals surface area contributed by atoms with E-state index in [4.69, 9.17) is 0 Å². The number of benzene rings is 3. The van der Waals surface area contributed by atoms with Gasteiger partial charge in [0.2, 0.25) is 5.91 Å². The minimum absolute atomic E-state index is 0.0378. The van der Waals surface area contributed by atoms with Crippen molar-refractivity contribution >= 4 is 34.4 Å². The number of carbonyl (C=O) groups excluding carboxylic acids is 1. The first-order valence-corrected chi connectivity index (χ1v) is 11.2. The van der Waals surface area contributed by atoms with Crippen LogP contribution in [0.5, 0.6) is 0 Å². The maximum atomic E-state index is 12.3. The fraction of sp³-hybridized carbons (Fsp3) is 0.160. The average Bonchev–Trinajstić information content (AvgIpc) is 2.83. The van der Waals surface area contributed by atoms with E-state index in [0.29, 0.717) is 11.7 Å². The van der Waals surface area contributed by atoms with E-state index in [0.717, 1.165) is 35.2 Å². The smallest absolute Gasteiger partial charge is 0.230 e. The van der Waals surface area contributed by atoms with Gasteiger partial charge < -0.3 is 10.6 Å². The maximum absolute atomic E-state index is 12.3. The van der Waals surface area contributed by atoms with Gasteiger partial charge in [-0.05, 0) is 29.7 Å². The molecular weight excluding hydrogens is 404 g/mol. The molecule has 0 aliphatic heterocycles. The lowest BCUT2D eigenvalue weighted by atomic mass is 10.1. The Balaban J connectivity index is 1.38. The Morgan fingerprint density at radius 1 is 0.806 bits per heavy atom. The quantitative estimate of drug-likeness (QED) is 0.299. The molecule has 0 fully saturated rings. The van der Waals surface area contributed by atoms with Crippen LogP contribution in [0.25, 0.3) is 10.9 Å². The van der Waals surface area contributed by atoms with Crippen molar-refractivity contribution < 1.29 is 4.79 Å². The van der Waals surface area contributed by atoms with Crippen molar-refractivity contribution in [1.82, 2.24) is 15.3 Å². The van der Waals surface area contributed by atoms with Crippen LogP contribution < -0.4 is 10.6 Å². The monoisotopic (exact) mass is 428 g/mol. The van der Waals surface area contributed by atoms with E-state index in [1.807, 2.05) is 72.8 Å². The molecule has 2 N–H and O–H groups in total. The molecule has 1 aromatic heterocycles. The Bertz CT molecular complexity index is 1140. The van der Waals surface area contributed by atoms with Crippen LogP contribution in [0.3, 0.4) is 0 Å². The summed E-state index contributed by atoms with van der Waals surface area (Å²) >= 11 is 1.35. The molecule has 0 aliphatic carbocycles. The number of nitrogens with one attached hydrogen (secondary N) is 2. The fourth-order valence-corrected chi connectivity index (χ4v) is 3.88. The highest BCUT2D eigenvalue weighted by Crippen LogP contribution is 2.24. The fourth-order valence-electron chi connectivity index (χ4n) is 3.20. The maximum Gasteiger partial charge on any atom is 0.230 e. The van der Waals surface area contributed by atoms with Crippen LogP contribution in [-0.2, 0) is 17.8 Å². The molecule has 0 radical (unpaired) electrons. The lowest BCUT2D eigenvalue weighted by molar-refractivity contribution is -0.118. The number of thioether (sulfide) groups is 1. The Hall–Kier alpha value is -3.38. The van der Waals surface area contributed by atoms with Crippen LogP contribution in [0.2, 0.25) is 0 Å². The van der Waals surface area contributed by atoms with Crippen LogP contribution in [0.15, 0.2) is 90.1 Å². The molecule has 0 aliphatic rings. The standard InChI is InChI=1S/C25H24N4OS/c30-23(27-17-20-11-5-2-6-12-20)18-31-25-28-22-14-8-7-13-21(22)24(29-25)26-16-15-19-9-3-1-4-10-19/h1-14H,15-18H2,(H,27,30)(H,26,28,29). The molecule has 31 heavy (non-hydrogen) atoms. The third-order valence-electron chi connectivity index (χ3n) is 4.80. The second kappa shape index (κ2) is 10.6. The molecule has 0 saturated carbocycles. The van der Waals surface area contributed by atoms with Gasteiger partial charge in [-0.25, -0.2) is 9.97 Å². The van der Waals surface area contributed by atoms with E-state index in [1.54, 1.807) is 0 Å². The highest BCUT2D eigenvalue weighted by molar-refractivity contribution is 7.99. The summed E-state index contributed by atoms with van der Waals surface area (Å²) in [4.78, 5) is 21.6. The molecule has 4 rings (SSSR count). The van der Waals surface area contributed by atoms with E-state index >= 15 is 0 Å². The Morgan fingerprint density at radius 2 is 1.48 bits per heavy atom. The number of amides is 1. The van der Waals surface area contributed by atoms with Crippen molar-refractivity contribution in [2.75, 3.05) is 17.6 Å². The SMILES string of the molecule is O=C(CSc1nc(NCCc2ccccc2)c2ccccc2n1)NCc1ccccc1. The zero-order chi connectivity index (χ0) is 21.3. The van der Waals surface area contributed by atoms with Gasteiger partial charge >= 0.3 is 0 Å². The topological polar surface area (TPSA) is 66.9 Å². The van der Waals surface area contributed by atoms with Crippen LogP contribution in [0.1, 0.15) is 11.1 Å². The number of hydrogen-bond donors (Lipinski definition) is 2. The summed E-state index contributed by atoms with van der Waals surface area (Å²) in [5.74, 6) is 1.03. The van der Waals surface area contributed by atoms with Gasteiger partial charge in [-0.15, -0.1) is 0 Å². The van der Waals surface area contributed by atoms with Gasteiger partial charge in [0.15, 0.2) is 5.16 Å². The molecule has 0 bridgehead atoms. The summed E-state index contributed by atoms with van der Waals surface area (Å²) < 4.78 is 0. The number of hydrogen-bond acceptors (Lipinski definition) is 5. The first-order chi connectivity index (χ1) is 15.3. The van der Waals surface area contributed by atoms with Gasteiger partial charge in [0.1, 0.15) is 5.82 Å². The predicted molar refractivity (Wildman–Crippen MR) is 127 cm³/mol. The third kappa shape index (κ3) is 6.06. The van der Waals surface area contributed by atoms with Gasteiger partial charge in [0.25, 0.3) is 0 Å². The molecule has 3 aromatic carbocycles. The summed E-state index contributed by atoms with van der Waals surface area (Å²) in [6, 6.07) is 28.2. The second-order valence-corrected chi connectivity index (χ2v) is 8.03. The van der Waals surface area contributed by atoms with Gasteiger partial charge in [-0.2, -0.15) is 0 Å². The van der Waals surface area contributed by atoms with Gasteiger partial charge in [0, 0.05) is 18.5 Å².